The van der Waals surface area contributed by atoms with E-state index >= 15 is 0 Å². The molecule has 1 aromatic heterocycles. The molecule has 2 N–H and O–H groups in total. The van der Waals surface area contributed by atoms with Gasteiger partial charge in [-0.2, -0.15) is 0 Å². The monoisotopic (exact) mass is 391 g/mol. The van der Waals surface area contributed by atoms with Crippen LogP contribution in [0.3, 0.4) is 0 Å². The third-order valence-electron chi connectivity index (χ3n) is 5.63. The SMILES string of the molecule is C=CC#Cc1cccc(-c2cc([C@@]3(C)N=C(N)N(C)C(=O)C3(C)C)sc2C)c1. The third kappa shape index (κ3) is 3.04. The minimum absolute atomic E-state index is 0.0307. The number of rotatable bonds is 2. The predicted molar refractivity (Wildman–Crippen MR) is 117 cm³/mol. The summed E-state index contributed by atoms with van der Waals surface area (Å²) in [5, 5.41) is 0. The largest absolute Gasteiger partial charge is 0.369 e. The van der Waals surface area contributed by atoms with Crippen LogP contribution >= 0.6 is 11.3 Å². The molecular weight excluding hydrogens is 366 g/mol. The van der Waals surface area contributed by atoms with Gasteiger partial charge in [0.1, 0.15) is 5.54 Å². The van der Waals surface area contributed by atoms with Crippen LogP contribution in [0.1, 0.15) is 36.1 Å². The Morgan fingerprint density at radius 1 is 1.29 bits per heavy atom. The van der Waals surface area contributed by atoms with Crippen molar-refractivity contribution in [1.29, 1.82) is 0 Å². The first-order valence-corrected chi connectivity index (χ1v) is 9.90. The van der Waals surface area contributed by atoms with Crippen LogP contribution in [-0.2, 0) is 10.3 Å². The number of hydrogen-bond acceptors (Lipinski definition) is 4. The molecule has 0 unspecified atom stereocenters. The molecular formula is C23H25N3OS. The zero-order valence-electron chi connectivity index (χ0n) is 17.0. The molecule has 1 aliphatic heterocycles. The van der Waals surface area contributed by atoms with Crippen molar-refractivity contribution in [2.24, 2.45) is 16.1 Å². The molecule has 0 aliphatic carbocycles. The molecule has 1 atom stereocenters. The summed E-state index contributed by atoms with van der Waals surface area (Å²) >= 11 is 1.66. The van der Waals surface area contributed by atoms with Crippen LogP contribution in [0.5, 0.6) is 0 Å². The lowest BCUT2D eigenvalue weighted by molar-refractivity contribution is -0.140. The number of nitrogens with two attached hydrogens (primary N) is 1. The Balaban J connectivity index is 2.12. The van der Waals surface area contributed by atoms with Gasteiger partial charge >= 0.3 is 0 Å². The van der Waals surface area contributed by atoms with E-state index in [1.807, 2.05) is 32.9 Å². The summed E-state index contributed by atoms with van der Waals surface area (Å²) in [6.07, 6.45) is 1.59. The Labute approximate surface area is 170 Å². The van der Waals surface area contributed by atoms with Gasteiger partial charge < -0.3 is 5.73 Å². The molecule has 0 bridgehead atoms. The van der Waals surface area contributed by atoms with Crippen LogP contribution < -0.4 is 5.73 Å². The first-order chi connectivity index (χ1) is 13.1. The summed E-state index contributed by atoms with van der Waals surface area (Å²) in [6, 6.07) is 10.3. The summed E-state index contributed by atoms with van der Waals surface area (Å²) in [4.78, 5) is 21.3. The highest BCUT2D eigenvalue weighted by Crippen LogP contribution is 2.50. The Bertz CT molecular complexity index is 1050. The van der Waals surface area contributed by atoms with Gasteiger partial charge in [0, 0.05) is 22.4 Å². The molecule has 3 rings (SSSR count). The maximum absolute atomic E-state index is 12.9. The number of guanidine groups is 1. The maximum Gasteiger partial charge on any atom is 0.237 e. The quantitative estimate of drug-likeness (QED) is 0.777. The van der Waals surface area contributed by atoms with Gasteiger partial charge in [-0.25, -0.2) is 4.99 Å². The van der Waals surface area contributed by atoms with Crippen LogP contribution in [-0.4, -0.2) is 23.8 Å². The Kier molecular flexibility index (Phi) is 4.95. The molecule has 2 heterocycles. The minimum Gasteiger partial charge on any atom is -0.369 e. The van der Waals surface area contributed by atoms with E-state index in [9.17, 15) is 4.79 Å². The molecule has 4 nitrogen and oxygen atoms in total. The van der Waals surface area contributed by atoms with Crippen LogP contribution in [0.2, 0.25) is 0 Å². The highest BCUT2D eigenvalue weighted by atomic mass is 32.1. The zero-order valence-corrected chi connectivity index (χ0v) is 17.8. The van der Waals surface area contributed by atoms with Crippen molar-refractivity contribution >= 4 is 23.2 Å². The van der Waals surface area contributed by atoms with E-state index in [0.717, 1.165) is 21.6 Å². The van der Waals surface area contributed by atoms with E-state index in [1.165, 1.54) is 9.78 Å². The number of carbonyl (C=O) groups is 1. The van der Waals surface area contributed by atoms with Gasteiger partial charge in [0.05, 0.1) is 5.41 Å². The fraction of sp³-hybridized carbons (Fsp3) is 0.304. The fourth-order valence-corrected chi connectivity index (χ4v) is 4.74. The van der Waals surface area contributed by atoms with E-state index in [4.69, 9.17) is 10.7 Å². The third-order valence-corrected chi connectivity index (χ3v) is 6.89. The minimum atomic E-state index is -0.728. The number of amides is 1. The molecule has 0 saturated heterocycles. The topological polar surface area (TPSA) is 58.7 Å². The molecule has 0 spiro atoms. The number of carbonyl (C=O) groups excluding carboxylic acids is 1. The first kappa shape index (κ1) is 19.9. The van der Waals surface area contributed by atoms with Gasteiger partial charge in [0.2, 0.25) is 5.91 Å². The molecule has 0 radical (unpaired) electrons. The van der Waals surface area contributed by atoms with E-state index in [2.05, 4.69) is 43.5 Å². The molecule has 28 heavy (non-hydrogen) atoms. The first-order valence-electron chi connectivity index (χ1n) is 9.09. The van der Waals surface area contributed by atoms with Gasteiger partial charge in [0.15, 0.2) is 5.96 Å². The van der Waals surface area contributed by atoms with Crippen molar-refractivity contribution in [3.05, 3.63) is 58.3 Å². The van der Waals surface area contributed by atoms with Crippen LogP contribution in [0, 0.1) is 24.2 Å². The van der Waals surface area contributed by atoms with Gasteiger partial charge in [-0.1, -0.05) is 30.6 Å². The summed E-state index contributed by atoms with van der Waals surface area (Å²) in [6.45, 7) is 11.6. The Morgan fingerprint density at radius 3 is 2.68 bits per heavy atom. The maximum atomic E-state index is 12.9. The van der Waals surface area contributed by atoms with Crippen molar-refractivity contribution in [2.45, 2.75) is 33.2 Å². The number of thiophene rings is 1. The highest BCUT2D eigenvalue weighted by Gasteiger charge is 2.53. The van der Waals surface area contributed by atoms with E-state index in [-0.39, 0.29) is 11.9 Å². The number of nitrogens with zero attached hydrogens (tertiary/aromatic N) is 2. The van der Waals surface area contributed by atoms with Gasteiger partial charge in [-0.3, -0.25) is 9.69 Å². The molecule has 0 fully saturated rings. The summed E-state index contributed by atoms with van der Waals surface area (Å²) in [7, 11) is 1.67. The summed E-state index contributed by atoms with van der Waals surface area (Å²) in [5.74, 6) is 6.19. The molecule has 2 aromatic rings. The van der Waals surface area contributed by atoms with Crippen LogP contribution in [0.4, 0.5) is 0 Å². The molecule has 144 valence electrons. The number of benzene rings is 1. The van der Waals surface area contributed by atoms with Crippen molar-refractivity contribution in [3.8, 4) is 23.0 Å². The summed E-state index contributed by atoms with van der Waals surface area (Å²) in [5.41, 5.74) is 7.78. The lowest BCUT2D eigenvalue weighted by atomic mass is 9.70. The fourth-order valence-electron chi connectivity index (χ4n) is 3.45. The second-order valence-electron chi connectivity index (χ2n) is 7.67. The molecule has 1 aliphatic rings. The normalized spacial score (nSPS) is 21.0. The lowest BCUT2D eigenvalue weighted by Gasteiger charge is -2.45. The second kappa shape index (κ2) is 6.96. The number of allylic oxidation sites excluding steroid dienone is 1. The average Bonchev–Trinajstić information content (AvgIpc) is 3.06. The number of aliphatic imine (C=N–C) groups is 1. The average molecular weight is 392 g/mol. The number of aryl methyl sites for hydroxylation is 1. The van der Waals surface area contributed by atoms with Gasteiger partial charge in [0.25, 0.3) is 0 Å². The Morgan fingerprint density at radius 2 is 2.00 bits per heavy atom. The predicted octanol–water partition coefficient (Wildman–Crippen LogP) is 4.29. The lowest BCUT2D eigenvalue weighted by Crippen LogP contribution is -2.58. The molecule has 5 heteroatoms. The summed E-state index contributed by atoms with van der Waals surface area (Å²) < 4.78 is 0. The van der Waals surface area contributed by atoms with E-state index < -0.39 is 11.0 Å². The van der Waals surface area contributed by atoms with Crippen molar-refractivity contribution in [1.82, 2.24) is 4.90 Å². The molecule has 1 aromatic carbocycles. The smallest absolute Gasteiger partial charge is 0.237 e. The van der Waals surface area contributed by atoms with Gasteiger partial charge in [-0.15, -0.1) is 11.3 Å². The van der Waals surface area contributed by atoms with Gasteiger partial charge in [-0.05, 0) is 63.1 Å². The van der Waals surface area contributed by atoms with Crippen molar-refractivity contribution in [2.75, 3.05) is 7.05 Å². The number of hydrogen-bond donors (Lipinski definition) is 1. The van der Waals surface area contributed by atoms with E-state index in [1.54, 1.807) is 24.5 Å². The van der Waals surface area contributed by atoms with Crippen molar-refractivity contribution < 1.29 is 4.79 Å². The second-order valence-corrected chi connectivity index (χ2v) is 8.92. The highest BCUT2D eigenvalue weighted by molar-refractivity contribution is 7.12. The van der Waals surface area contributed by atoms with Crippen LogP contribution in [0.15, 0.2) is 48.0 Å². The van der Waals surface area contributed by atoms with E-state index in [0.29, 0.717) is 0 Å². The molecule has 0 saturated carbocycles. The Hall–Kier alpha value is -2.84. The standard InChI is InChI=1S/C23H25N3OS/c1-7-8-10-16-11-9-12-17(13-16)18-14-19(28-15(18)2)23(5)22(3,4)20(27)26(6)21(24)25-23/h7,9,11-14H,1H2,2-6H3,(H2,24,25)/t23-/m1/s1. The zero-order chi connectivity index (χ0) is 20.7. The van der Waals surface area contributed by atoms with Crippen LogP contribution in [0.25, 0.3) is 11.1 Å². The molecule has 1 amide bonds. The van der Waals surface area contributed by atoms with Crippen molar-refractivity contribution in [3.63, 3.8) is 0 Å².